The number of hydrogen-bond acceptors (Lipinski definition) is 6. The molecule has 1 aromatic heterocycles. The van der Waals surface area contributed by atoms with Gasteiger partial charge in [0.1, 0.15) is 5.70 Å². The fraction of sp³-hybridized carbons (Fsp3) is 0.0500. The van der Waals surface area contributed by atoms with E-state index in [1.807, 2.05) is 115 Å². The van der Waals surface area contributed by atoms with Crippen LogP contribution >= 0.6 is 23.1 Å². The summed E-state index contributed by atoms with van der Waals surface area (Å²) in [6, 6.07) is 43.6. The maximum Gasteiger partial charge on any atom is 0.272 e. The molecule has 0 aliphatic rings. The SMILES string of the molecule is CC(Sc1cccc(NC(=O)/C(=C\c2ccc(-c3ccccc3)cc2)NC(=O)c2ccccc2)c1)C(=O)Nc1nc(-c2ccccc2)cs1. The van der Waals surface area contributed by atoms with Gasteiger partial charge in [0.15, 0.2) is 5.13 Å². The van der Waals surface area contributed by atoms with Crippen molar-refractivity contribution in [2.45, 2.75) is 17.1 Å². The Bertz CT molecular complexity index is 2080. The van der Waals surface area contributed by atoms with Crippen LogP contribution in [0.2, 0.25) is 0 Å². The van der Waals surface area contributed by atoms with E-state index >= 15 is 0 Å². The van der Waals surface area contributed by atoms with Gasteiger partial charge in [-0.1, -0.05) is 109 Å². The number of rotatable bonds is 11. The molecular weight excluding hydrogens is 649 g/mol. The molecule has 5 aromatic carbocycles. The Morgan fingerprint density at radius 3 is 2.04 bits per heavy atom. The van der Waals surface area contributed by atoms with Crippen molar-refractivity contribution in [2.75, 3.05) is 10.6 Å². The Morgan fingerprint density at radius 1 is 0.714 bits per heavy atom. The monoisotopic (exact) mass is 680 g/mol. The molecule has 0 spiro atoms. The van der Waals surface area contributed by atoms with E-state index in [1.54, 1.807) is 42.5 Å². The van der Waals surface area contributed by atoms with Crippen LogP contribution in [0.15, 0.2) is 155 Å². The van der Waals surface area contributed by atoms with Crippen molar-refractivity contribution in [3.8, 4) is 22.4 Å². The number of benzene rings is 5. The Kier molecular flexibility index (Phi) is 10.7. The minimum absolute atomic E-state index is 0.0884. The lowest BCUT2D eigenvalue weighted by Crippen LogP contribution is -2.30. The average Bonchev–Trinajstić information content (AvgIpc) is 3.61. The molecule has 1 heterocycles. The number of hydrogen-bond donors (Lipinski definition) is 3. The van der Waals surface area contributed by atoms with Gasteiger partial charge in [-0.05, 0) is 60.0 Å². The van der Waals surface area contributed by atoms with Gasteiger partial charge in [-0.3, -0.25) is 14.4 Å². The smallest absolute Gasteiger partial charge is 0.272 e. The highest BCUT2D eigenvalue weighted by atomic mass is 32.2. The number of aromatic nitrogens is 1. The highest BCUT2D eigenvalue weighted by Gasteiger charge is 2.18. The van der Waals surface area contributed by atoms with Crippen molar-refractivity contribution < 1.29 is 14.4 Å². The predicted octanol–water partition coefficient (Wildman–Crippen LogP) is 9.01. The number of nitrogens with zero attached hydrogens (tertiary/aromatic N) is 1. The Hall–Kier alpha value is -5.77. The second-order valence-electron chi connectivity index (χ2n) is 11.0. The third-order valence-electron chi connectivity index (χ3n) is 7.44. The van der Waals surface area contributed by atoms with E-state index in [0.29, 0.717) is 16.4 Å². The molecule has 6 aromatic rings. The summed E-state index contributed by atoms with van der Waals surface area (Å²) in [5.74, 6) is -1.06. The van der Waals surface area contributed by atoms with Crippen LogP contribution in [0.25, 0.3) is 28.5 Å². The fourth-order valence-corrected chi connectivity index (χ4v) is 6.54. The minimum atomic E-state index is -0.484. The molecule has 0 aliphatic carbocycles. The standard InChI is InChI=1S/C40H32N4O3S2/c1-27(37(45)44-40-43-36(26-48-40)31-14-7-3-8-15-31)49-34-19-11-18-33(25-34)41-39(47)35(42-38(46)32-16-9-4-10-17-32)24-28-20-22-30(23-21-28)29-12-5-2-6-13-29/h2-27H,1H3,(H,41,47)(H,42,46)(H,43,44,45)/b35-24+. The molecular formula is C40H32N4O3S2. The van der Waals surface area contributed by atoms with Crippen molar-refractivity contribution in [2.24, 2.45) is 0 Å². The van der Waals surface area contributed by atoms with Gasteiger partial charge in [0.05, 0.1) is 10.9 Å². The summed E-state index contributed by atoms with van der Waals surface area (Å²) in [6.45, 7) is 1.82. The number of carbonyl (C=O) groups is 3. The molecule has 0 saturated heterocycles. The summed E-state index contributed by atoms with van der Waals surface area (Å²) >= 11 is 2.74. The molecule has 6 rings (SSSR count). The molecule has 9 heteroatoms. The van der Waals surface area contributed by atoms with E-state index in [0.717, 1.165) is 32.8 Å². The van der Waals surface area contributed by atoms with Crippen LogP contribution in [-0.4, -0.2) is 28.0 Å². The molecule has 1 unspecified atom stereocenters. The zero-order valence-electron chi connectivity index (χ0n) is 26.5. The van der Waals surface area contributed by atoms with E-state index in [2.05, 4.69) is 20.9 Å². The number of anilines is 2. The average molecular weight is 681 g/mol. The van der Waals surface area contributed by atoms with Crippen LogP contribution < -0.4 is 16.0 Å². The number of thioether (sulfide) groups is 1. The number of amides is 3. The first-order valence-electron chi connectivity index (χ1n) is 15.5. The Labute approximate surface area is 293 Å². The van der Waals surface area contributed by atoms with E-state index in [9.17, 15) is 14.4 Å². The van der Waals surface area contributed by atoms with Gasteiger partial charge in [0.25, 0.3) is 11.8 Å². The van der Waals surface area contributed by atoms with Gasteiger partial charge >= 0.3 is 0 Å². The molecule has 0 bridgehead atoms. The lowest BCUT2D eigenvalue weighted by atomic mass is 10.0. The molecule has 242 valence electrons. The molecule has 0 saturated carbocycles. The van der Waals surface area contributed by atoms with Crippen LogP contribution in [-0.2, 0) is 9.59 Å². The van der Waals surface area contributed by atoms with Crippen LogP contribution in [0.1, 0.15) is 22.8 Å². The van der Waals surface area contributed by atoms with Gasteiger partial charge in [-0.25, -0.2) is 4.98 Å². The second-order valence-corrected chi connectivity index (χ2v) is 13.3. The van der Waals surface area contributed by atoms with Crippen molar-refractivity contribution in [1.82, 2.24) is 10.3 Å². The molecule has 0 radical (unpaired) electrons. The molecule has 3 N–H and O–H groups in total. The first-order chi connectivity index (χ1) is 23.9. The minimum Gasteiger partial charge on any atom is -0.321 e. The number of nitrogens with one attached hydrogen (secondary N) is 3. The first-order valence-corrected chi connectivity index (χ1v) is 17.3. The molecule has 1 atom stereocenters. The van der Waals surface area contributed by atoms with E-state index in [4.69, 9.17) is 0 Å². The van der Waals surface area contributed by atoms with E-state index < -0.39 is 17.1 Å². The van der Waals surface area contributed by atoms with Gasteiger partial charge in [0.2, 0.25) is 5.91 Å². The van der Waals surface area contributed by atoms with Crippen LogP contribution in [0.5, 0.6) is 0 Å². The second kappa shape index (κ2) is 15.9. The summed E-state index contributed by atoms with van der Waals surface area (Å²) in [6.07, 6.45) is 1.65. The largest absolute Gasteiger partial charge is 0.321 e. The van der Waals surface area contributed by atoms with Crippen molar-refractivity contribution in [3.63, 3.8) is 0 Å². The van der Waals surface area contributed by atoms with Crippen molar-refractivity contribution in [1.29, 1.82) is 0 Å². The maximum atomic E-state index is 13.7. The summed E-state index contributed by atoms with van der Waals surface area (Å²) in [4.78, 5) is 45.1. The maximum absolute atomic E-state index is 13.7. The lowest BCUT2D eigenvalue weighted by Gasteiger charge is -2.14. The van der Waals surface area contributed by atoms with E-state index in [1.165, 1.54) is 23.1 Å². The van der Waals surface area contributed by atoms with Crippen LogP contribution in [0.3, 0.4) is 0 Å². The van der Waals surface area contributed by atoms with Crippen molar-refractivity contribution in [3.05, 3.63) is 162 Å². The zero-order valence-corrected chi connectivity index (χ0v) is 28.1. The van der Waals surface area contributed by atoms with Crippen molar-refractivity contribution >= 4 is 57.7 Å². The van der Waals surface area contributed by atoms with Gasteiger partial charge in [-0.2, -0.15) is 0 Å². The Balaban J connectivity index is 1.14. The molecule has 3 amide bonds. The fourth-order valence-electron chi connectivity index (χ4n) is 4.89. The first kappa shape index (κ1) is 33.1. The highest BCUT2D eigenvalue weighted by Crippen LogP contribution is 2.29. The highest BCUT2D eigenvalue weighted by molar-refractivity contribution is 8.00. The van der Waals surface area contributed by atoms with Gasteiger partial charge in [-0.15, -0.1) is 23.1 Å². The molecule has 49 heavy (non-hydrogen) atoms. The molecule has 0 aliphatic heterocycles. The summed E-state index contributed by atoms with van der Waals surface area (Å²) in [5, 5.41) is 10.6. The Morgan fingerprint density at radius 2 is 1.35 bits per heavy atom. The summed E-state index contributed by atoms with van der Waals surface area (Å²) in [5.41, 5.74) is 5.70. The topological polar surface area (TPSA) is 100 Å². The summed E-state index contributed by atoms with van der Waals surface area (Å²) < 4.78 is 0. The van der Waals surface area contributed by atoms with Crippen LogP contribution in [0.4, 0.5) is 10.8 Å². The third kappa shape index (κ3) is 8.98. The van der Waals surface area contributed by atoms with E-state index in [-0.39, 0.29) is 11.6 Å². The number of carbonyl (C=O) groups excluding carboxylic acids is 3. The van der Waals surface area contributed by atoms with Gasteiger partial charge < -0.3 is 16.0 Å². The van der Waals surface area contributed by atoms with Crippen LogP contribution in [0, 0.1) is 0 Å². The van der Waals surface area contributed by atoms with Gasteiger partial charge in [0, 0.05) is 27.1 Å². The molecule has 0 fully saturated rings. The number of thiazole rings is 1. The summed E-state index contributed by atoms with van der Waals surface area (Å²) in [7, 11) is 0. The zero-order chi connectivity index (χ0) is 34.0. The normalized spacial score (nSPS) is 11.7. The molecule has 7 nitrogen and oxygen atoms in total. The lowest BCUT2D eigenvalue weighted by molar-refractivity contribution is -0.115. The predicted molar refractivity (Wildman–Crippen MR) is 200 cm³/mol. The quantitative estimate of drug-likeness (QED) is 0.0937. The third-order valence-corrected chi connectivity index (χ3v) is 9.29.